The molecule has 0 unspecified atom stereocenters. The van der Waals surface area contributed by atoms with Crippen molar-refractivity contribution in [3.05, 3.63) is 36.4 Å². The van der Waals surface area contributed by atoms with Crippen molar-refractivity contribution in [2.45, 2.75) is 20.8 Å². The summed E-state index contributed by atoms with van der Waals surface area (Å²) in [6.07, 6.45) is 0. The number of fused-ring (bicyclic) bond motifs is 1. The van der Waals surface area contributed by atoms with Gasteiger partial charge in [0.15, 0.2) is 0 Å². The van der Waals surface area contributed by atoms with E-state index in [2.05, 4.69) is 60.5 Å². The summed E-state index contributed by atoms with van der Waals surface area (Å²) in [5, 5.41) is 6.04. The Balaban J connectivity index is 2.20. The van der Waals surface area contributed by atoms with Gasteiger partial charge in [0.05, 0.1) is 12.3 Å². The van der Waals surface area contributed by atoms with Gasteiger partial charge in [0.2, 0.25) is 0 Å². The topological polar surface area (TPSA) is 24.5 Å². The predicted molar refractivity (Wildman–Crippen MR) is 91.4 cm³/mol. The zero-order chi connectivity index (χ0) is 15.1. The molecule has 0 spiro atoms. The number of likely N-dealkylation sites (N-methyl/N-ethyl adjacent to an activating group) is 1. The van der Waals surface area contributed by atoms with Crippen molar-refractivity contribution in [3.63, 3.8) is 0 Å². The van der Waals surface area contributed by atoms with Crippen LogP contribution in [-0.2, 0) is 0 Å². The van der Waals surface area contributed by atoms with E-state index in [1.54, 1.807) is 0 Å². The third-order valence-corrected chi connectivity index (χ3v) is 3.81. The molecular formula is C18H26N2O. The van der Waals surface area contributed by atoms with Crippen LogP contribution in [0.1, 0.15) is 20.8 Å². The van der Waals surface area contributed by atoms with E-state index in [-0.39, 0.29) is 0 Å². The van der Waals surface area contributed by atoms with Crippen LogP contribution in [0.15, 0.2) is 36.4 Å². The molecule has 0 aliphatic heterocycles. The van der Waals surface area contributed by atoms with Gasteiger partial charge >= 0.3 is 0 Å². The molecule has 2 aromatic carbocycles. The molecule has 1 N–H and O–H groups in total. The van der Waals surface area contributed by atoms with Crippen LogP contribution in [0.2, 0.25) is 0 Å². The molecule has 0 aliphatic rings. The fourth-order valence-corrected chi connectivity index (χ4v) is 2.59. The maximum absolute atomic E-state index is 5.78. The molecule has 2 aromatic rings. The fraction of sp³-hybridized carbons (Fsp3) is 0.444. The van der Waals surface area contributed by atoms with Gasteiger partial charge in [0.25, 0.3) is 0 Å². The lowest BCUT2D eigenvalue weighted by molar-refractivity contribution is 0.315. The van der Waals surface area contributed by atoms with E-state index in [9.17, 15) is 0 Å². The molecule has 2 rings (SSSR count). The molecule has 21 heavy (non-hydrogen) atoms. The van der Waals surface area contributed by atoms with Crippen molar-refractivity contribution in [2.75, 3.05) is 38.1 Å². The van der Waals surface area contributed by atoms with E-state index < -0.39 is 0 Å². The van der Waals surface area contributed by atoms with Gasteiger partial charge in [-0.1, -0.05) is 44.2 Å². The molecule has 0 fully saturated rings. The van der Waals surface area contributed by atoms with Gasteiger partial charge in [-0.2, -0.15) is 0 Å². The number of nitrogens with zero attached hydrogens (tertiary/aromatic N) is 1. The van der Waals surface area contributed by atoms with Crippen molar-refractivity contribution < 1.29 is 4.74 Å². The highest BCUT2D eigenvalue weighted by Crippen LogP contribution is 2.33. The lowest BCUT2D eigenvalue weighted by Gasteiger charge is -2.20. The highest BCUT2D eigenvalue weighted by atomic mass is 16.5. The third-order valence-electron chi connectivity index (χ3n) is 3.81. The van der Waals surface area contributed by atoms with Gasteiger partial charge in [0, 0.05) is 18.5 Å². The maximum atomic E-state index is 5.78. The van der Waals surface area contributed by atoms with Crippen LogP contribution >= 0.6 is 0 Å². The molecule has 0 aromatic heterocycles. The van der Waals surface area contributed by atoms with Gasteiger partial charge in [-0.25, -0.2) is 0 Å². The number of nitrogens with one attached hydrogen (secondary N) is 1. The Hall–Kier alpha value is -1.74. The Morgan fingerprint density at radius 3 is 2.48 bits per heavy atom. The van der Waals surface area contributed by atoms with Crippen LogP contribution in [-0.4, -0.2) is 37.7 Å². The highest BCUT2D eigenvalue weighted by Gasteiger charge is 2.08. The number of hydrogen-bond donors (Lipinski definition) is 1. The first-order valence-electron chi connectivity index (χ1n) is 7.90. The zero-order valence-corrected chi connectivity index (χ0v) is 13.4. The standard InChI is InChI=1S/C18H26N2O/c1-4-20(5-2)14-13-19-18-16-10-8-7-9-15(16)11-12-17(18)21-6-3/h7-12,19H,4-6,13-14H2,1-3H3. The lowest BCUT2D eigenvalue weighted by Crippen LogP contribution is -2.28. The molecule has 0 saturated carbocycles. The summed E-state index contributed by atoms with van der Waals surface area (Å²) in [4.78, 5) is 2.42. The minimum absolute atomic E-state index is 0.684. The van der Waals surface area contributed by atoms with E-state index in [0.29, 0.717) is 6.61 Å². The molecule has 0 aliphatic carbocycles. The molecule has 0 saturated heterocycles. The van der Waals surface area contributed by atoms with Crippen LogP contribution < -0.4 is 10.1 Å². The Morgan fingerprint density at radius 1 is 1.00 bits per heavy atom. The van der Waals surface area contributed by atoms with Crippen LogP contribution in [0.5, 0.6) is 5.75 Å². The van der Waals surface area contributed by atoms with E-state index in [4.69, 9.17) is 4.74 Å². The number of benzene rings is 2. The van der Waals surface area contributed by atoms with Gasteiger partial charge in [-0.05, 0) is 31.5 Å². The highest BCUT2D eigenvalue weighted by molar-refractivity contribution is 5.97. The number of ether oxygens (including phenoxy) is 1. The summed E-state index contributed by atoms with van der Waals surface area (Å²) in [5.41, 5.74) is 1.11. The maximum Gasteiger partial charge on any atom is 0.143 e. The minimum atomic E-state index is 0.684. The summed E-state index contributed by atoms with van der Waals surface area (Å²) in [7, 11) is 0. The van der Waals surface area contributed by atoms with E-state index in [1.165, 1.54) is 10.8 Å². The number of hydrogen-bond acceptors (Lipinski definition) is 3. The second-order valence-electron chi connectivity index (χ2n) is 5.05. The molecule has 0 amide bonds. The van der Waals surface area contributed by atoms with Crippen molar-refractivity contribution >= 4 is 16.5 Å². The summed E-state index contributed by atoms with van der Waals surface area (Å²) < 4.78 is 5.78. The van der Waals surface area contributed by atoms with Crippen LogP contribution in [0.25, 0.3) is 10.8 Å². The molecule has 114 valence electrons. The molecule has 0 radical (unpaired) electrons. The molecule has 0 atom stereocenters. The Kier molecular flexibility index (Phi) is 5.88. The van der Waals surface area contributed by atoms with Crippen LogP contribution in [0, 0.1) is 0 Å². The van der Waals surface area contributed by atoms with Gasteiger partial charge in [0.1, 0.15) is 5.75 Å². The van der Waals surface area contributed by atoms with E-state index in [0.717, 1.165) is 37.6 Å². The van der Waals surface area contributed by atoms with E-state index in [1.807, 2.05) is 6.92 Å². The Bertz CT molecular complexity index is 564. The first-order chi connectivity index (χ1) is 10.3. The first-order valence-corrected chi connectivity index (χ1v) is 7.90. The quantitative estimate of drug-likeness (QED) is 0.794. The molecule has 3 nitrogen and oxygen atoms in total. The van der Waals surface area contributed by atoms with Gasteiger partial charge in [-0.15, -0.1) is 0 Å². The average Bonchev–Trinajstić information content (AvgIpc) is 2.53. The van der Waals surface area contributed by atoms with Crippen molar-refractivity contribution in [1.29, 1.82) is 0 Å². The van der Waals surface area contributed by atoms with Crippen LogP contribution in [0.3, 0.4) is 0 Å². The molecular weight excluding hydrogens is 260 g/mol. The molecule has 0 heterocycles. The molecule has 3 heteroatoms. The minimum Gasteiger partial charge on any atom is -0.492 e. The van der Waals surface area contributed by atoms with Gasteiger partial charge in [-0.3, -0.25) is 0 Å². The van der Waals surface area contributed by atoms with Crippen molar-refractivity contribution in [1.82, 2.24) is 4.90 Å². The van der Waals surface area contributed by atoms with E-state index >= 15 is 0 Å². The third kappa shape index (κ3) is 3.88. The monoisotopic (exact) mass is 286 g/mol. The average molecular weight is 286 g/mol. The lowest BCUT2D eigenvalue weighted by atomic mass is 10.1. The van der Waals surface area contributed by atoms with Crippen molar-refractivity contribution in [3.8, 4) is 5.75 Å². The SMILES string of the molecule is CCOc1ccc2ccccc2c1NCCN(CC)CC. The Morgan fingerprint density at radius 2 is 1.76 bits per heavy atom. The predicted octanol–water partition coefficient (Wildman–Crippen LogP) is 3.99. The second-order valence-corrected chi connectivity index (χ2v) is 5.05. The summed E-state index contributed by atoms with van der Waals surface area (Å²) in [6, 6.07) is 12.6. The van der Waals surface area contributed by atoms with Crippen LogP contribution in [0.4, 0.5) is 5.69 Å². The molecule has 0 bridgehead atoms. The van der Waals surface area contributed by atoms with Gasteiger partial charge < -0.3 is 15.0 Å². The zero-order valence-electron chi connectivity index (χ0n) is 13.4. The summed E-state index contributed by atoms with van der Waals surface area (Å²) in [5.74, 6) is 0.941. The number of rotatable bonds is 8. The second kappa shape index (κ2) is 7.89. The smallest absolute Gasteiger partial charge is 0.143 e. The normalized spacial score (nSPS) is 11.0. The summed E-state index contributed by atoms with van der Waals surface area (Å²) in [6.45, 7) is 11.3. The fourth-order valence-electron chi connectivity index (χ4n) is 2.59. The summed E-state index contributed by atoms with van der Waals surface area (Å²) >= 11 is 0. The first kappa shape index (κ1) is 15.6. The van der Waals surface area contributed by atoms with Crippen molar-refractivity contribution in [2.24, 2.45) is 0 Å². The largest absolute Gasteiger partial charge is 0.492 e. The Labute approximate surface area is 127 Å². The number of anilines is 1.